The fourth-order valence-corrected chi connectivity index (χ4v) is 2.00. The SMILES string of the molecule is Cc1oc(C)c(C(=O)Cc2nccn2C)c1C. The molecule has 0 fully saturated rings. The van der Waals surface area contributed by atoms with Crippen LogP contribution in [0.25, 0.3) is 0 Å². The maximum Gasteiger partial charge on any atom is 0.174 e. The van der Waals surface area contributed by atoms with Gasteiger partial charge in [-0.2, -0.15) is 0 Å². The lowest BCUT2D eigenvalue weighted by Gasteiger charge is -2.01. The molecule has 2 heterocycles. The van der Waals surface area contributed by atoms with Gasteiger partial charge in [0.25, 0.3) is 0 Å². The summed E-state index contributed by atoms with van der Waals surface area (Å²) in [6.45, 7) is 5.61. The highest BCUT2D eigenvalue weighted by Gasteiger charge is 2.19. The minimum absolute atomic E-state index is 0.0613. The van der Waals surface area contributed by atoms with Crippen LogP contribution < -0.4 is 0 Å². The lowest BCUT2D eigenvalue weighted by Crippen LogP contribution is -2.09. The second-order valence-corrected chi connectivity index (χ2v) is 4.27. The average molecular weight is 232 g/mol. The van der Waals surface area contributed by atoms with Crippen molar-refractivity contribution in [3.63, 3.8) is 0 Å². The van der Waals surface area contributed by atoms with Gasteiger partial charge in [0.15, 0.2) is 5.78 Å². The third-order valence-electron chi connectivity index (χ3n) is 3.08. The van der Waals surface area contributed by atoms with Gasteiger partial charge in [-0.05, 0) is 20.8 Å². The first-order chi connectivity index (χ1) is 8.00. The van der Waals surface area contributed by atoms with E-state index in [-0.39, 0.29) is 5.78 Å². The van der Waals surface area contributed by atoms with Crippen molar-refractivity contribution >= 4 is 5.78 Å². The summed E-state index contributed by atoms with van der Waals surface area (Å²) >= 11 is 0. The highest BCUT2D eigenvalue weighted by atomic mass is 16.3. The zero-order valence-corrected chi connectivity index (χ0v) is 10.6. The second kappa shape index (κ2) is 4.20. The molecule has 0 N–H and O–H groups in total. The molecule has 2 aromatic rings. The van der Waals surface area contributed by atoms with Crippen molar-refractivity contribution in [2.24, 2.45) is 7.05 Å². The summed E-state index contributed by atoms with van der Waals surface area (Å²) in [6.07, 6.45) is 3.84. The molecule has 0 unspecified atom stereocenters. The van der Waals surface area contributed by atoms with Crippen molar-refractivity contribution in [1.82, 2.24) is 9.55 Å². The van der Waals surface area contributed by atoms with Gasteiger partial charge >= 0.3 is 0 Å². The molecule has 0 aliphatic carbocycles. The Morgan fingerprint density at radius 3 is 2.53 bits per heavy atom. The summed E-state index contributed by atoms with van der Waals surface area (Å²) in [5.74, 6) is 2.34. The summed E-state index contributed by atoms with van der Waals surface area (Å²) in [5.41, 5.74) is 1.63. The Hall–Kier alpha value is -1.84. The molecule has 0 amide bonds. The number of rotatable bonds is 3. The molecule has 4 heteroatoms. The Labute approximate surface area is 100 Å². The molecule has 2 aromatic heterocycles. The van der Waals surface area contributed by atoms with Gasteiger partial charge in [0.2, 0.25) is 0 Å². The van der Waals surface area contributed by atoms with Crippen molar-refractivity contribution in [3.8, 4) is 0 Å². The summed E-state index contributed by atoms with van der Waals surface area (Å²) in [7, 11) is 1.88. The van der Waals surface area contributed by atoms with Gasteiger partial charge in [0.1, 0.15) is 17.3 Å². The number of hydrogen-bond donors (Lipinski definition) is 0. The normalized spacial score (nSPS) is 10.8. The molecule has 0 bridgehead atoms. The molecule has 0 atom stereocenters. The van der Waals surface area contributed by atoms with Gasteiger partial charge in [-0.1, -0.05) is 0 Å². The number of hydrogen-bond acceptors (Lipinski definition) is 3. The van der Waals surface area contributed by atoms with E-state index in [1.807, 2.05) is 38.6 Å². The lowest BCUT2D eigenvalue weighted by molar-refractivity contribution is 0.0988. The molecule has 0 saturated carbocycles. The topological polar surface area (TPSA) is 48.0 Å². The van der Waals surface area contributed by atoms with E-state index in [0.717, 1.165) is 17.1 Å². The summed E-state index contributed by atoms with van der Waals surface area (Å²) in [4.78, 5) is 16.4. The highest BCUT2D eigenvalue weighted by Crippen LogP contribution is 2.22. The summed E-state index contributed by atoms with van der Waals surface area (Å²) < 4.78 is 7.32. The van der Waals surface area contributed by atoms with Crippen LogP contribution in [0.5, 0.6) is 0 Å². The Bertz CT molecular complexity index is 564. The number of Topliss-reactive ketones (excluding diaryl/α,β-unsaturated/α-hetero) is 1. The van der Waals surface area contributed by atoms with Gasteiger partial charge in [-0.15, -0.1) is 0 Å². The Morgan fingerprint density at radius 2 is 2.06 bits per heavy atom. The molecular weight excluding hydrogens is 216 g/mol. The van der Waals surface area contributed by atoms with Crippen LogP contribution >= 0.6 is 0 Å². The number of furan rings is 1. The highest BCUT2D eigenvalue weighted by molar-refractivity contribution is 5.99. The van der Waals surface area contributed by atoms with Gasteiger partial charge in [-0.25, -0.2) is 4.98 Å². The van der Waals surface area contributed by atoms with E-state index in [1.54, 1.807) is 6.20 Å². The Balaban J connectivity index is 2.29. The van der Waals surface area contributed by atoms with Crippen molar-refractivity contribution in [1.29, 1.82) is 0 Å². The van der Waals surface area contributed by atoms with Crippen LogP contribution in [0, 0.1) is 20.8 Å². The minimum atomic E-state index is 0.0613. The number of nitrogens with zero attached hydrogens (tertiary/aromatic N) is 2. The van der Waals surface area contributed by atoms with E-state index in [1.165, 1.54) is 0 Å². The average Bonchev–Trinajstić information content (AvgIpc) is 2.74. The molecule has 2 rings (SSSR count). The minimum Gasteiger partial charge on any atom is -0.466 e. The van der Waals surface area contributed by atoms with Crippen molar-refractivity contribution in [3.05, 3.63) is 40.9 Å². The number of carbonyl (C=O) groups excluding carboxylic acids is 1. The lowest BCUT2D eigenvalue weighted by atomic mass is 10.0. The third-order valence-corrected chi connectivity index (χ3v) is 3.08. The maximum atomic E-state index is 12.2. The molecular formula is C13H16N2O2. The molecule has 4 nitrogen and oxygen atoms in total. The zero-order chi connectivity index (χ0) is 12.6. The van der Waals surface area contributed by atoms with Gasteiger partial charge in [-0.3, -0.25) is 4.79 Å². The molecule has 0 spiro atoms. The summed E-state index contributed by atoms with van der Waals surface area (Å²) in [6, 6.07) is 0. The number of aryl methyl sites for hydroxylation is 3. The maximum absolute atomic E-state index is 12.2. The van der Waals surface area contributed by atoms with E-state index in [2.05, 4.69) is 4.98 Å². The number of ketones is 1. The molecule has 0 aromatic carbocycles. The van der Waals surface area contributed by atoms with E-state index >= 15 is 0 Å². The largest absolute Gasteiger partial charge is 0.466 e. The zero-order valence-electron chi connectivity index (χ0n) is 10.6. The van der Waals surface area contributed by atoms with E-state index in [0.29, 0.717) is 17.7 Å². The van der Waals surface area contributed by atoms with Crippen LogP contribution in [-0.2, 0) is 13.5 Å². The fourth-order valence-electron chi connectivity index (χ4n) is 2.00. The predicted molar refractivity (Wildman–Crippen MR) is 64.2 cm³/mol. The first kappa shape index (κ1) is 11.6. The van der Waals surface area contributed by atoms with Gasteiger partial charge in [0.05, 0.1) is 12.0 Å². The molecule has 0 radical (unpaired) electrons. The smallest absolute Gasteiger partial charge is 0.174 e. The fraction of sp³-hybridized carbons (Fsp3) is 0.385. The predicted octanol–water partition coefficient (Wildman–Crippen LogP) is 2.36. The van der Waals surface area contributed by atoms with Crippen LogP contribution in [0.3, 0.4) is 0 Å². The van der Waals surface area contributed by atoms with E-state index in [4.69, 9.17) is 4.42 Å². The first-order valence-corrected chi connectivity index (χ1v) is 5.56. The molecule has 0 aliphatic rings. The van der Waals surface area contributed by atoms with Crippen molar-refractivity contribution in [2.75, 3.05) is 0 Å². The number of carbonyl (C=O) groups is 1. The van der Waals surface area contributed by atoms with E-state index in [9.17, 15) is 4.79 Å². The Kier molecular flexibility index (Phi) is 2.88. The summed E-state index contributed by atoms with van der Waals surface area (Å²) in [5, 5.41) is 0. The van der Waals surface area contributed by atoms with Crippen LogP contribution in [0.2, 0.25) is 0 Å². The quantitative estimate of drug-likeness (QED) is 0.763. The van der Waals surface area contributed by atoms with Crippen molar-refractivity contribution < 1.29 is 9.21 Å². The molecule has 90 valence electrons. The molecule has 17 heavy (non-hydrogen) atoms. The standard InChI is InChI=1S/C13H16N2O2/c1-8-9(2)17-10(3)13(8)11(16)7-12-14-5-6-15(12)4/h5-6H,7H2,1-4H3. The van der Waals surface area contributed by atoms with Crippen molar-refractivity contribution in [2.45, 2.75) is 27.2 Å². The van der Waals surface area contributed by atoms with Crippen LogP contribution in [0.15, 0.2) is 16.8 Å². The van der Waals surface area contributed by atoms with Crippen LogP contribution in [-0.4, -0.2) is 15.3 Å². The van der Waals surface area contributed by atoms with E-state index < -0.39 is 0 Å². The molecule has 0 aliphatic heterocycles. The number of aromatic nitrogens is 2. The third kappa shape index (κ3) is 2.02. The monoisotopic (exact) mass is 232 g/mol. The van der Waals surface area contributed by atoms with Crippen LogP contribution in [0.1, 0.15) is 33.3 Å². The Morgan fingerprint density at radius 1 is 1.35 bits per heavy atom. The molecule has 0 saturated heterocycles. The van der Waals surface area contributed by atoms with Gasteiger partial charge < -0.3 is 8.98 Å². The number of imidazole rings is 1. The van der Waals surface area contributed by atoms with Crippen LogP contribution in [0.4, 0.5) is 0 Å². The first-order valence-electron chi connectivity index (χ1n) is 5.56. The second-order valence-electron chi connectivity index (χ2n) is 4.27. The van der Waals surface area contributed by atoms with Gasteiger partial charge in [0, 0.05) is 25.0 Å².